The second-order valence-corrected chi connectivity index (χ2v) is 8.55. The number of halogens is 1. The quantitative estimate of drug-likeness (QED) is 0.388. The van der Waals surface area contributed by atoms with E-state index in [1.807, 2.05) is 19.9 Å². The third-order valence-corrected chi connectivity index (χ3v) is 5.74. The first-order chi connectivity index (χ1) is 16.3. The number of amides is 1. The predicted molar refractivity (Wildman–Crippen MR) is 129 cm³/mol. The van der Waals surface area contributed by atoms with Crippen molar-refractivity contribution in [1.29, 1.82) is 5.53 Å². The van der Waals surface area contributed by atoms with Crippen molar-refractivity contribution in [3.63, 3.8) is 0 Å². The molecule has 4 rings (SSSR count). The molecule has 0 aromatic carbocycles. The molecule has 0 spiro atoms. The third-order valence-electron chi connectivity index (χ3n) is 5.74. The van der Waals surface area contributed by atoms with Crippen molar-refractivity contribution < 1.29 is 9.18 Å². The molecule has 4 N–H and O–H groups in total. The van der Waals surface area contributed by atoms with E-state index in [1.165, 1.54) is 11.8 Å². The lowest BCUT2D eigenvalue weighted by Gasteiger charge is -2.34. The zero-order valence-electron chi connectivity index (χ0n) is 19.6. The van der Waals surface area contributed by atoms with Crippen molar-refractivity contribution in [3.8, 4) is 11.3 Å². The average molecular weight is 469 g/mol. The van der Waals surface area contributed by atoms with E-state index in [4.69, 9.17) is 5.53 Å². The minimum atomic E-state index is -1.22. The first-order valence-corrected chi connectivity index (χ1v) is 11.2. The molecule has 1 aliphatic heterocycles. The van der Waals surface area contributed by atoms with Crippen molar-refractivity contribution >= 4 is 34.7 Å². The number of alkyl halides is 1. The van der Waals surface area contributed by atoms with Gasteiger partial charge in [-0.25, -0.2) is 19.4 Å². The van der Waals surface area contributed by atoms with E-state index in [9.17, 15) is 9.18 Å². The molecular weight excluding hydrogens is 439 g/mol. The molecule has 0 saturated carbocycles. The fraction of sp³-hybridized carbons (Fsp3) is 0.455. The van der Waals surface area contributed by atoms with Gasteiger partial charge in [0.15, 0.2) is 11.6 Å². The number of hydrogen-bond donors (Lipinski definition) is 4. The molecule has 3 aromatic rings. The summed E-state index contributed by atoms with van der Waals surface area (Å²) in [4.78, 5) is 22.3. The van der Waals surface area contributed by atoms with Crippen LogP contribution in [0.2, 0.25) is 0 Å². The summed E-state index contributed by atoms with van der Waals surface area (Å²) in [7, 11) is 1.76. The Bertz CT molecular complexity index is 1210. The molecule has 0 unspecified atom stereocenters. The lowest BCUT2D eigenvalue weighted by molar-refractivity contribution is -0.131. The molecule has 0 bridgehead atoms. The molecule has 2 atom stereocenters. The van der Waals surface area contributed by atoms with Crippen molar-refractivity contribution in [2.45, 2.75) is 45.4 Å². The molecule has 3 aromatic heterocycles. The Morgan fingerprint density at radius 1 is 1.26 bits per heavy atom. The van der Waals surface area contributed by atoms with Gasteiger partial charge >= 0.3 is 0 Å². The maximum Gasteiger partial charge on any atom is 0.243 e. The first kappa shape index (κ1) is 23.3. The molecule has 0 radical (unpaired) electrons. The standard InChI is InChI=1S/C22H29FN10O/c1-12(2)26-20-18(30-24)6-5-16(27-20)14-7-10-33-19(14)21(25-4)29-22(31-33)28-17-8-9-32(13(3)34)11-15(17)23/h5-7,10,12,15,17,24H,8-9,11H2,1-4H3,(H,26,27)(H2,25,28,29,31)/t15-,17+/m1/s1. The number of piperidine rings is 1. The maximum absolute atomic E-state index is 14.7. The minimum Gasteiger partial charge on any atom is -0.371 e. The van der Waals surface area contributed by atoms with Crippen LogP contribution in [0, 0.1) is 5.53 Å². The second kappa shape index (κ2) is 9.57. The number of anilines is 3. The van der Waals surface area contributed by atoms with Crippen LogP contribution in [0.3, 0.4) is 0 Å². The monoisotopic (exact) mass is 468 g/mol. The van der Waals surface area contributed by atoms with Crippen LogP contribution in [-0.2, 0) is 4.79 Å². The smallest absolute Gasteiger partial charge is 0.243 e. The van der Waals surface area contributed by atoms with Gasteiger partial charge in [0.1, 0.15) is 17.4 Å². The lowest BCUT2D eigenvalue weighted by Crippen LogP contribution is -2.49. The van der Waals surface area contributed by atoms with Gasteiger partial charge in [0, 0.05) is 38.3 Å². The van der Waals surface area contributed by atoms with E-state index in [0.717, 1.165) is 11.1 Å². The highest BCUT2D eigenvalue weighted by Crippen LogP contribution is 2.33. The second-order valence-electron chi connectivity index (χ2n) is 8.55. The number of rotatable bonds is 7. The van der Waals surface area contributed by atoms with E-state index < -0.39 is 12.2 Å². The average Bonchev–Trinajstić information content (AvgIpc) is 3.23. The van der Waals surface area contributed by atoms with E-state index in [0.29, 0.717) is 41.9 Å². The van der Waals surface area contributed by atoms with E-state index in [2.05, 4.69) is 36.1 Å². The summed E-state index contributed by atoms with van der Waals surface area (Å²) in [5.41, 5.74) is 10.1. The number of carbonyl (C=O) groups excluding carboxylic acids is 1. The first-order valence-electron chi connectivity index (χ1n) is 11.2. The summed E-state index contributed by atoms with van der Waals surface area (Å²) < 4.78 is 16.4. The van der Waals surface area contributed by atoms with E-state index in [1.54, 1.807) is 29.9 Å². The summed E-state index contributed by atoms with van der Waals surface area (Å²) in [5, 5.41) is 17.5. The van der Waals surface area contributed by atoms with Crippen LogP contribution < -0.4 is 16.0 Å². The molecule has 1 aliphatic rings. The van der Waals surface area contributed by atoms with Gasteiger partial charge in [-0.15, -0.1) is 5.10 Å². The number of hydrogen-bond acceptors (Lipinski definition) is 9. The van der Waals surface area contributed by atoms with Crippen LogP contribution in [0.5, 0.6) is 0 Å². The van der Waals surface area contributed by atoms with Gasteiger partial charge in [0.2, 0.25) is 11.9 Å². The minimum absolute atomic E-state index is 0.0564. The lowest BCUT2D eigenvalue weighted by atomic mass is 10.0. The van der Waals surface area contributed by atoms with Gasteiger partial charge in [-0.1, -0.05) is 0 Å². The molecule has 34 heavy (non-hydrogen) atoms. The van der Waals surface area contributed by atoms with Crippen molar-refractivity contribution in [1.82, 2.24) is 24.5 Å². The Morgan fingerprint density at radius 2 is 2.06 bits per heavy atom. The molecule has 12 heteroatoms. The molecule has 1 saturated heterocycles. The van der Waals surface area contributed by atoms with E-state index >= 15 is 0 Å². The third kappa shape index (κ3) is 4.61. The Balaban J connectivity index is 1.65. The fourth-order valence-corrected chi connectivity index (χ4v) is 4.06. The molecule has 0 aliphatic carbocycles. The predicted octanol–water partition coefficient (Wildman–Crippen LogP) is 3.69. The van der Waals surface area contributed by atoms with Gasteiger partial charge in [0.05, 0.1) is 18.3 Å². The number of nitrogens with zero attached hydrogens (tertiary/aromatic N) is 6. The zero-order chi connectivity index (χ0) is 24.4. The maximum atomic E-state index is 14.7. The Kier molecular flexibility index (Phi) is 6.57. The molecule has 180 valence electrons. The van der Waals surface area contributed by atoms with Crippen molar-refractivity contribution in [2.75, 3.05) is 36.1 Å². The number of nitrogens with one attached hydrogen (secondary N) is 4. The van der Waals surface area contributed by atoms with E-state index in [-0.39, 0.29) is 18.5 Å². The highest BCUT2D eigenvalue weighted by Gasteiger charge is 2.31. The number of fused-ring (bicyclic) bond motifs is 1. The summed E-state index contributed by atoms with van der Waals surface area (Å²) in [5.74, 6) is 1.25. The highest BCUT2D eigenvalue weighted by molar-refractivity contribution is 5.88. The van der Waals surface area contributed by atoms with Crippen LogP contribution in [0.25, 0.3) is 16.8 Å². The molecule has 1 amide bonds. The number of pyridine rings is 1. The van der Waals surface area contributed by atoms with Crippen LogP contribution >= 0.6 is 0 Å². The normalized spacial score (nSPS) is 18.2. The number of carbonyl (C=O) groups is 1. The molecule has 1 fully saturated rings. The fourth-order valence-electron chi connectivity index (χ4n) is 4.06. The Hall–Kier alpha value is -3.83. The highest BCUT2D eigenvalue weighted by atomic mass is 19.1. The van der Waals surface area contributed by atoms with Gasteiger partial charge in [-0.3, -0.25) is 4.79 Å². The SMILES string of the molecule is CNc1nc(N[C@H]2CCN(C(C)=O)C[C@H]2F)nn2ccc(-c3ccc(N=N)c(NC(C)C)n3)c12. The largest absolute Gasteiger partial charge is 0.371 e. The molecule has 4 heterocycles. The number of likely N-dealkylation sites (tertiary alicyclic amines) is 1. The summed E-state index contributed by atoms with van der Waals surface area (Å²) in [6.45, 7) is 5.97. The topological polar surface area (TPSA) is 136 Å². The zero-order valence-corrected chi connectivity index (χ0v) is 19.6. The summed E-state index contributed by atoms with van der Waals surface area (Å²) >= 11 is 0. The van der Waals surface area contributed by atoms with Gasteiger partial charge in [0.25, 0.3) is 0 Å². The van der Waals surface area contributed by atoms with Crippen molar-refractivity contribution in [2.24, 2.45) is 5.11 Å². The van der Waals surface area contributed by atoms with Crippen molar-refractivity contribution in [3.05, 3.63) is 24.4 Å². The Labute approximate surface area is 196 Å². The van der Waals surface area contributed by atoms with Crippen LogP contribution in [0.1, 0.15) is 27.2 Å². The number of aromatic nitrogens is 4. The summed E-state index contributed by atoms with van der Waals surface area (Å²) in [6.07, 6.45) is 1.05. The van der Waals surface area contributed by atoms with Crippen LogP contribution in [0.15, 0.2) is 29.5 Å². The van der Waals surface area contributed by atoms with Crippen LogP contribution in [-0.4, -0.2) is 68.8 Å². The van der Waals surface area contributed by atoms with Gasteiger partial charge in [-0.05, 0) is 38.5 Å². The molecular formula is C22H29FN10O. The van der Waals surface area contributed by atoms with Gasteiger partial charge < -0.3 is 20.9 Å². The molecule has 11 nitrogen and oxygen atoms in total. The Morgan fingerprint density at radius 3 is 2.71 bits per heavy atom. The van der Waals surface area contributed by atoms with Crippen LogP contribution in [0.4, 0.5) is 27.7 Å². The van der Waals surface area contributed by atoms with Gasteiger partial charge in [-0.2, -0.15) is 10.1 Å². The summed E-state index contributed by atoms with van der Waals surface area (Å²) in [6, 6.07) is 5.07.